The number of anilines is 1. The van der Waals surface area contributed by atoms with Crippen molar-refractivity contribution >= 4 is 15.7 Å². The first-order valence-corrected chi connectivity index (χ1v) is 7.34. The first-order chi connectivity index (χ1) is 8.34. The molecule has 5 nitrogen and oxygen atoms in total. The monoisotopic (exact) mass is 272 g/mol. The third kappa shape index (κ3) is 4.19. The van der Waals surface area contributed by atoms with Crippen molar-refractivity contribution in [3.63, 3.8) is 0 Å². The van der Waals surface area contributed by atoms with Crippen molar-refractivity contribution in [1.82, 2.24) is 0 Å². The Morgan fingerprint density at radius 1 is 1.39 bits per heavy atom. The van der Waals surface area contributed by atoms with E-state index < -0.39 is 10.0 Å². The molecule has 0 fully saturated rings. The Morgan fingerprint density at radius 2 is 2.06 bits per heavy atom. The van der Waals surface area contributed by atoms with E-state index in [1.54, 1.807) is 12.1 Å². The highest BCUT2D eigenvalue weighted by molar-refractivity contribution is 7.89. The third-order valence-electron chi connectivity index (χ3n) is 2.52. The number of hydrogen-bond acceptors (Lipinski definition) is 4. The predicted molar refractivity (Wildman–Crippen MR) is 72.3 cm³/mol. The highest BCUT2D eigenvalue weighted by Crippen LogP contribution is 2.26. The molecule has 0 aliphatic rings. The van der Waals surface area contributed by atoms with Crippen LogP contribution in [-0.4, -0.2) is 22.1 Å². The van der Waals surface area contributed by atoms with Crippen molar-refractivity contribution in [3.05, 3.63) is 18.2 Å². The van der Waals surface area contributed by atoms with E-state index in [-0.39, 0.29) is 10.6 Å². The van der Waals surface area contributed by atoms with Crippen molar-refractivity contribution in [1.29, 1.82) is 0 Å². The average Bonchev–Trinajstić information content (AvgIpc) is 2.27. The summed E-state index contributed by atoms with van der Waals surface area (Å²) in [4.78, 5) is -0.000420. The molecule has 0 spiro atoms. The van der Waals surface area contributed by atoms with E-state index in [9.17, 15) is 8.42 Å². The third-order valence-corrected chi connectivity index (χ3v) is 3.45. The first kappa shape index (κ1) is 14.8. The molecule has 6 heteroatoms. The second-order valence-electron chi connectivity index (χ2n) is 4.52. The highest BCUT2D eigenvalue weighted by Gasteiger charge is 2.15. The molecule has 0 saturated carbocycles. The Kier molecular flexibility index (Phi) is 4.98. The number of rotatable bonds is 6. The summed E-state index contributed by atoms with van der Waals surface area (Å²) in [6.45, 7) is 5.05. The molecule has 18 heavy (non-hydrogen) atoms. The number of benzene rings is 1. The number of ether oxygens (including phenoxy) is 1. The van der Waals surface area contributed by atoms with Crippen LogP contribution < -0.4 is 15.2 Å². The zero-order valence-electron chi connectivity index (χ0n) is 10.9. The molecule has 1 aromatic carbocycles. The summed E-state index contributed by atoms with van der Waals surface area (Å²) in [5.74, 6) is 0.848. The molecule has 0 bridgehead atoms. The summed E-state index contributed by atoms with van der Waals surface area (Å²) in [7, 11) is -2.36. The Bertz CT molecular complexity index is 498. The van der Waals surface area contributed by atoms with Gasteiger partial charge in [0, 0.05) is 12.2 Å². The van der Waals surface area contributed by atoms with Crippen LogP contribution in [0.25, 0.3) is 0 Å². The lowest BCUT2D eigenvalue weighted by molar-refractivity contribution is 0.403. The maximum Gasteiger partial charge on any atom is 0.241 e. The largest absolute Gasteiger partial charge is 0.495 e. The van der Waals surface area contributed by atoms with Crippen molar-refractivity contribution in [2.45, 2.75) is 25.2 Å². The molecule has 0 saturated heterocycles. The molecule has 1 rings (SSSR count). The zero-order valence-corrected chi connectivity index (χ0v) is 11.8. The smallest absolute Gasteiger partial charge is 0.241 e. The van der Waals surface area contributed by atoms with Gasteiger partial charge in [0.2, 0.25) is 10.0 Å². The van der Waals surface area contributed by atoms with Gasteiger partial charge in [-0.15, -0.1) is 0 Å². The van der Waals surface area contributed by atoms with Gasteiger partial charge in [0.25, 0.3) is 0 Å². The maximum absolute atomic E-state index is 11.4. The van der Waals surface area contributed by atoms with E-state index in [1.807, 2.05) is 0 Å². The summed E-state index contributed by atoms with van der Waals surface area (Å²) in [5, 5.41) is 8.31. The van der Waals surface area contributed by atoms with Gasteiger partial charge in [0.1, 0.15) is 10.6 Å². The van der Waals surface area contributed by atoms with E-state index >= 15 is 0 Å². The lowest BCUT2D eigenvalue weighted by Gasteiger charge is -2.11. The Balaban J connectivity index is 2.90. The molecule has 3 N–H and O–H groups in total. The van der Waals surface area contributed by atoms with Gasteiger partial charge in [-0.3, -0.25) is 0 Å². The Morgan fingerprint density at radius 3 is 2.56 bits per heavy atom. The molecule has 0 aromatic heterocycles. The number of sulfonamides is 1. The van der Waals surface area contributed by atoms with E-state index in [0.717, 1.165) is 18.7 Å². The van der Waals surface area contributed by atoms with E-state index in [0.29, 0.717) is 5.92 Å². The molecule has 0 radical (unpaired) electrons. The van der Waals surface area contributed by atoms with Crippen LogP contribution in [-0.2, 0) is 10.0 Å². The molecule has 0 atom stereocenters. The van der Waals surface area contributed by atoms with Crippen molar-refractivity contribution in [2.24, 2.45) is 11.1 Å². The van der Waals surface area contributed by atoms with Crippen LogP contribution in [0.5, 0.6) is 5.75 Å². The average molecular weight is 272 g/mol. The number of hydrogen-bond donors (Lipinski definition) is 2. The summed E-state index contributed by atoms with van der Waals surface area (Å²) >= 11 is 0. The first-order valence-electron chi connectivity index (χ1n) is 5.79. The summed E-state index contributed by atoms with van der Waals surface area (Å²) < 4.78 is 27.8. The van der Waals surface area contributed by atoms with Gasteiger partial charge in [0.05, 0.1) is 7.11 Å². The minimum absolute atomic E-state index is 0.000420. The molecule has 0 amide bonds. The van der Waals surface area contributed by atoms with Crippen molar-refractivity contribution < 1.29 is 13.2 Å². The molecule has 102 valence electrons. The van der Waals surface area contributed by atoms with E-state index in [1.165, 1.54) is 13.2 Å². The topological polar surface area (TPSA) is 81.4 Å². The second-order valence-corrected chi connectivity index (χ2v) is 6.05. The zero-order chi connectivity index (χ0) is 13.8. The molecular weight excluding hydrogens is 252 g/mol. The van der Waals surface area contributed by atoms with Crippen LogP contribution >= 0.6 is 0 Å². The Labute approximate surface area is 108 Å². The molecular formula is C12H20N2O3S. The molecule has 0 heterocycles. The van der Waals surface area contributed by atoms with Crippen LogP contribution in [0.1, 0.15) is 20.3 Å². The van der Waals surface area contributed by atoms with E-state index in [2.05, 4.69) is 19.2 Å². The lowest BCUT2D eigenvalue weighted by Crippen LogP contribution is -2.14. The van der Waals surface area contributed by atoms with Gasteiger partial charge < -0.3 is 10.1 Å². The number of primary sulfonamides is 1. The molecule has 1 aromatic rings. The van der Waals surface area contributed by atoms with Crippen molar-refractivity contribution in [3.8, 4) is 5.75 Å². The van der Waals surface area contributed by atoms with Gasteiger partial charge >= 0.3 is 0 Å². The summed E-state index contributed by atoms with van der Waals surface area (Å²) in [6.07, 6.45) is 1.01. The lowest BCUT2D eigenvalue weighted by atomic mass is 10.1. The summed E-state index contributed by atoms with van der Waals surface area (Å²) in [6, 6.07) is 4.86. The number of nitrogens with two attached hydrogens (primary N) is 1. The number of methoxy groups -OCH3 is 1. The van der Waals surface area contributed by atoms with Gasteiger partial charge in [-0.05, 0) is 30.5 Å². The molecule has 0 aliphatic carbocycles. The standard InChI is InChI=1S/C12H20N2O3S/c1-9(2)6-7-14-10-4-5-11(17-3)12(8-10)18(13,15)16/h4-5,8-9,14H,6-7H2,1-3H3,(H2,13,15,16). The van der Waals surface area contributed by atoms with Gasteiger partial charge in [0.15, 0.2) is 0 Å². The fourth-order valence-electron chi connectivity index (χ4n) is 1.51. The fraction of sp³-hybridized carbons (Fsp3) is 0.500. The van der Waals surface area contributed by atoms with Gasteiger partial charge in [-0.2, -0.15) is 0 Å². The minimum atomic E-state index is -3.77. The van der Waals surface area contributed by atoms with Gasteiger partial charge in [-0.25, -0.2) is 13.6 Å². The molecule has 0 aliphatic heterocycles. The molecule has 0 unspecified atom stereocenters. The maximum atomic E-state index is 11.4. The highest BCUT2D eigenvalue weighted by atomic mass is 32.2. The van der Waals surface area contributed by atoms with Crippen LogP contribution in [0, 0.1) is 5.92 Å². The fourth-order valence-corrected chi connectivity index (χ4v) is 2.24. The number of nitrogens with one attached hydrogen (secondary N) is 1. The minimum Gasteiger partial charge on any atom is -0.495 e. The van der Waals surface area contributed by atoms with Crippen LogP contribution in [0.2, 0.25) is 0 Å². The second kappa shape index (κ2) is 6.06. The Hall–Kier alpha value is -1.27. The normalized spacial score (nSPS) is 11.6. The van der Waals surface area contributed by atoms with Crippen LogP contribution in [0.3, 0.4) is 0 Å². The SMILES string of the molecule is COc1ccc(NCCC(C)C)cc1S(N)(=O)=O. The van der Waals surface area contributed by atoms with E-state index in [4.69, 9.17) is 9.88 Å². The van der Waals surface area contributed by atoms with Crippen LogP contribution in [0.4, 0.5) is 5.69 Å². The van der Waals surface area contributed by atoms with Gasteiger partial charge in [-0.1, -0.05) is 13.8 Å². The summed E-state index contributed by atoms with van der Waals surface area (Å²) in [5.41, 5.74) is 0.723. The predicted octanol–water partition coefficient (Wildman–Crippen LogP) is 1.80. The van der Waals surface area contributed by atoms with Crippen LogP contribution in [0.15, 0.2) is 23.1 Å². The van der Waals surface area contributed by atoms with Crippen molar-refractivity contribution in [2.75, 3.05) is 19.0 Å². The quantitative estimate of drug-likeness (QED) is 0.827.